The summed E-state index contributed by atoms with van der Waals surface area (Å²) in [5, 5.41) is 2.79. The van der Waals surface area contributed by atoms with Crippen LogP contribution in [0.3, 0.4) is 0 Å². The lowest BCUT2D eigenvalue weighted by atomic mass is 10.1. The fraction of sp³-hybridized carbons (Fsp3) is 0.100. The van der Waals surface area contributed by atoms with Crippen molar-refractivity contribution in [1.29, 1.82) is 0 Å². The molecule has 2 aliphatic heterocycles. The predicted molar refractivity (Wildman–Crippen MR) is 164 cm³/mol. The van der Waals surface area contributed by atoms with Gasteiger partial charge >= 0.3 is 0 Å². The fourth-order valence-corrected chi connectivity index (χ4v) is 6.39. The molecule has 3 aromatic carbocycles. The lowest BCUT2D eigenvalue weighted by molar-refractivity contribution is -0.118. The zero-order chi connectivity index (χ0) is 28.8. The first-order valence-corrected chi connectivity index (χ1v) is 13.9. The Morgan fingerprint density at radius 3 is 2.22 bits per heavy atom. The van der Waals surface area contributed by atoms with E-state index in [9.17, 15) is 19.2 Å². The molecule has 2 aliphatic rings. The molecule has 0 radical (unpaired) electrons. The van der Waals surface area contributed by atoms with Crippen LogP contribution in [0.2, 0.25) is 0 Å². The number of anilines is 3. The highest BCUT2D eigenvalue weighted by molar-refractivity contribution is 8.27. The molecule has 0 unspecified atom stereocenters. The molecule has 9 nitrogen and oxygen atoms in total. The summed E-state index contributed by atoms with van der Waals surface area (Å²) >= 11 is 6.57. The molecule has 41 heavy (non-hydrogen) atoms. The minimum Gasteiger partial charge on any atom is -0.325 e. The Morgan fingerprint density at radius 1 is 0.878 bits per heavy atom. The molecule has 6 rings (SSSR count). The lowest BCUT2D eigenvalue weighted by Gasteiger charge is -2.16. The summed E-state index contributed by atoms with van der Waals surface area (Å²) in [6.45, 7) is 1.50. The lowest BCUT2D eigenvalue weighted by Crippen LogP contribution is -2.36. The number of hydrogen-bond acceptors (Lipinski definition) is 6. The molecule has 0 bridgehead atoms. The predicted octanol–water partition coefficient (Wildman–Crippen LogP) is 4.25. The van der Waals surface area contributed by atoms with E-state index in [0.717, 1.165) is 11.8 Å². The molecule has 1 saturated heterocycles. The van der Waals surface area contributed by atoms with Gasteiger partial charge in [-0.3, -0.25) is 33.7 Å². The summed E-state index contributed by atoms with van der Waals surface area (Å²) in [5.74, 6) is -1.42. The summed E-state index contributed by atoms with van der Waals surface area (Å²) in [4.78, 5) is 56.9. The van der Waals surface area contributed by atoms with Crippen LogP contribution < -0.4 is 20.7 Å². The van der Waals surface area contributed by atoms with Gasteiger partial charge in [0.05, 0.1) is 27.5 Å². The van der Waals surface area contributed by atoms with Crippen LogP contribution in [0.5, 0.6) is 0 Å². The molecule has 0 aliphatic carbocycles. The highest BCUT2D eigenvalue weighted by atomic mass is 32.2. The van der Waals surface area contributed by atoms with Crippen molar-refractivity contribution in [1.82, 2.24) is 9.36 Å². The number of para-hydroxylation sites is 3. The third-order valence-electron chi connectivity index (χ3n) is 7.03. The number of amides is 3. The van der Waals surface area contributed by atoms with E-state index in [4.69, 9.17) is 12.2 Å². The number of aromatic nitrogens is 2. The van der Waals surface area contributed by atoms with Gasteiger partial charge in [-0.1, -0.05) is 78.6 Å². The van der Waals surface area contributed by atoms with E-state index >= 15 is 0 Å². The summed E-state index contributed by atoms with van der Waals surface area (Å²) in [5.41, 5.74) is 2.72. The van der Waals surface area contributed by atoms with Gasteiger partial charge < -0.3 is 5.32 Å². The van der Waals surface area contributed by atoms with Gasteiger partial charge in [-0.25, -0.2) is 4.68 Å². The molecule has 0 atom stereocenters. The van der Waals surface area contributed by atoms with E-state index in [1.165, 1.54) is 14.5 Å². The van der Waals surface area contributed by atoms with Crippen molar-refractivity contribution in [2.75, 3.05) is 21.7 Å². The molecule has 4 aromatic rings. The Kier molecular flexibility index (Phi) is 6.68. The summed E-state index contributed by atoms with van der Waals surface area (Å²) in [7, 11) is 1.73. The minimum atomic E-state index is -0.556. The van der Waals surface area contributed by atoms with E-state index in [1.54, 1.807) is 79.3 Å². The first kappa shape index (κ1) is 26.5. The molecule has 3 heterocycles. The van der Waals surface area contributed by atoms with Crippen LogP contribution in [0.1, 0.15) is 11.3 Å². The van der Waals surface area contributed by atoms with Gasteiger partial charge in [0.25, 0.3) is 17.4 Å². The van der Waals surface area contributed by atoms with E-state index in [1.807, 2.05) is 24.3 Å². The first-order chi connectivity index (χ1) is 19.8. The molecular formula is C30H23N5O4S2. The fourth-order valence-electron chi connectivity index (χ4n) is 5.05. The molecule has 0 saturated carbocycles. The monoisotopic (exact) mass is 581 g/mol. The number of nitrogens with zero attached hydrogens (tertiary/aromatic N) is 4. The van der Waals surface area contributed by atoms with Gasteiger partial charge in [0, 0.05) is 18.3 Å². The molecule has 11 heteroatoms. The van der Waals surface area contributed by atoms with E-state index < -0.39 is 17.4 Å². The van der Waals surface area contributed by atoms with Gasteiger partial charge in [0.1, 0.15) is 12.2 Å². The quantitative estimate of drug-likeness (QED) is 0.280. The number of hydrogen-bond donors (Lipinski definition) is 1. The maximum Gasteiger partial charge on any atom is 0.296 e. The van der Waals surface area contributed by atoms with E-state index in [2.05, 4.69) is 5.32 Å². The Bertz CT molecular complexity index is 1840. The van der Waals surface area contributed by atoms with Gasteiger partial charge in [-0.2, -0.15) is 0 Å². The average Bonchev–Trinajstić information content (AvgIpc) is 3.49. The highest BCUT2D eigenvalue weighted by Gasteiger charge is 2.44. The van der Waals surface area contributed by atoms with Crippen molar-refractivity contribution >= 4 is 68.7 Å². The molecule has 1 fully saturated rings. The van der Waals surface area contributed by atoms with E-state index in [0.29, 0.717) is 28.3 Å². The standard InChI is InChI=1S/C30H23N5O4S2/c1-18-25(28(38)35(32(18)2)20-13-7-4-8-14-20)34-29(39)26(41-30(34)40)24-21-15-9-10-16-22(21)33(27(24)37)17-23(36)31-19-11-5-3-6-12-19/h3-16H,17H2,1-2H3,(H,31,36). The molecule has 1 aromatic heterocycles. The molecular weight excluding hydrogens is 558 g/mol. The number of carbonyl (C=O) groups is 3. The second-order valence-corrected chi connectivity index (χ2v) is 11.1. The summed E-state index contributed by atoms with van der Waals surface area (Å²) < 4.78 is 3.29. The zero-order valence-corrected chi connectivity index (χ0v) is 23.7. The Balaban J connectivity index is 1.38. The Labute approximate surface area is 244 Å². The third-order valence-corrected chi connectivity index (χ3v) is 8.40. The number of fused-ring (bicyclic) bond motifs is 1. The average molecular weight is 582 g/mol. The van der Waals surface area contributed by atoms with Crippen molar-refractivity contribution < 1.29 is 14.4 Å². The van der Waals surface area contributed by atoms with Crippen molar-refractivity contribution in [3.05, 3.63) is 111 Å². The second kappa shape index (κ2) is 10.3. The number of rotatable bonds is 5. The summed E-state index contributed by atoms with van der Waals surface area (Å²) in [6.07, 6.45) is 0. The van der Waals surface area contributed by atoms with Gasteiger partial charge in [0.2, 0.25) is 5.91 Å². The SMILES string of the molecule is Cc1c(N2C(=O)C(=C3C(=O)N(CC(=O)Nc4ccccc4)c4ccccc43)SC2=S)c(=O)n(-c2ccccc2)n1C. The van der Waals surface area contributed by atoms with Crippen LogP contribution in [-0.2, 0) is 21.4 Å². The van der Waals surface area contributed by atoms with Gasteiger partial charge in [0.15, 0.2) is 4.32 Å². The number of benzene rings is 3. The largest absolute Gasteiger partial charge is 0.325 e. The number of carbonyl (C=O) groups excluding carboxylic acids is 3. The van der Waals surface area contributed by atoms with Crippen LogP contribution in [-0.4, -0.2) is 38.0 Å². The normalized spacial score (nSPS) is 16.5. The highest BCUT2D eigenvalue weighted by Crippen LogP contribution is 2.45. The van der Waals surface area contributed by atoms with Crippen molar-refractivity contribution in [2.24, 2.45) is 7.05 Å². The van der Waals surface area contributed by atoms with Gasteiger partial charge in [-0.05, 0) is 37.3 Å². The van der Waals surface area contributed by atoms with Crippen LogP contribution in [0.15, 0.2) is 94.6 Å². The Morgan fingerprint density at radius 2 is 1.51 bits per heavy atom. The molecule has 3 amide bonds. The smallest absolute Gasteiger partial charge is 0.296 e. The molecule has 0 spiro atoms. The van der Waals surface area contributed by atoms with Crippen molar-refractivity contribution in [3.8, 4) is 5.69 Å². The number of nitrogens with one attached hydrogen (secondary N) is 1. The first-order valence-electron chi connectivity index (χ1n) is 12.7. The topological polar surface area (TPSA) is 96.7 Å². The summed E-state index contributed by atoms with van der Waals surface area (Å²) in [6, 6.07) is 25.0. The van der Waals surface area contributed by atoms with Gasteiger partial charge in [-0.15, -0.1) is 0 Å². The van der Waals surface area contributed by atoms with E-state index in [-0.39, 0.29) is 32.9 Å². The van der Waals surface area contributed by atoms with Crippen LogP contribution in [0.25, 0.3) is 11.3 Å². The number of thiocarbonyl (C=S) groups is 1. The number of thioether (sulfide) groups is 1. The van der Waals surface area contributed by atoms with Crippen molar-refractivity contribution in [3.63, 3.8) is 0 Å². The zero-order valence-electron chi connectivity index (χ0n) is 22.0. The van der Waals surface area contributed by atoms with Crippen molar-refractivity contribution in [2.45, 2.75) is 6.92 Å². The molecule has 1 N–H and O–H groups in total. The maximum absolute atomic E-state index is 13.9. The third kappa shape index (κ3) is 4.39. The second-order valence-electron chi connectivity index (χ2n) is 9.45. The van der Waals surface area contributed by atoms with Crippen LogP contribution in [0.4, 0.5) is 17.1 Å². The molecule has 204 valence electrons. The van der Waals surface area contributed by atoms with Crippen LogP contribution >= 0.6 is 24.0 Å². The maximum atomic E-state index is 13.9. The van der Waals surface area contributed by atoms with Crippen LogP contribution in [0, 0.1) is 6.92 Å². The Hall–Kier alpha value is -4.74. The minimum absolute atomic E-state index is 0.118.